The number of nitrogens with one attached hydrogen (secondary N) is 2. The molecule has 0 aliphatic heterocycles. The molecule has 2 aromatic carbocycles. The smallest absolute Gasteiger partial charge is 0.237 e. The number of carbonyl (C=O) groups is 2. The Morgan fingerprint density at radius 1 is 1.08 bits per heavy atom. The molecule has 132 valence electrons. The molecule has 2 aromatic rings. The fourth-order valence-corrected chi connectivity index (χ4v) is 2.62. The summed E-state index contributed by atoms with van der Waals surface area (Å²) in [5, 5.41) is 4.54. The predicted molar refractivity (Wildman–Crippen MR) is 96.7 cm³/mol. The van der Waals surface area contributed by atoms with E-state index in [1.165, 1.54) is 0 Å². The lowest BCUT2D eigenvalue weighted by Crippen LogP contribution is -2.25. The SMILES string of the molecule is Cc1ccc(NC(=O)CSC(C)C(=O)Nc2ccc(F)cc2F)cc1. The fourth-order valence-electron chi connectivity index (χ4n) is 1.94. The van der Waals surface area contributed by atoms with Crippen molar-refractivity contribution in [3.8, 4) is 0 Å². The van der Waals surface area contributed by atoms with Crippen molar-refractivity contribution >= 4 is 35.0 Å². The van der Waals surface area contributed by atoms with Crippen LogP contribution >= 0.6 is 11.8 Å². The number of anilines is 2. The summed E-state index contributed by atoms with van der Waals surface area (Å²) in [5.74, 6) is -2.18. The average molecular weight is 364 g/mol. The number of benzene rings is 2. The second-order valence-electron chi connectivity index (χ2n) is 5.48. The highest BCUT2D eigenvalue weighted by atomic mass is 32.2. The van der Waals surface area contributed by atoms with Crippen LogP contribution in [-0.2, 0) is 9.59 Å². The highest BCUT2D eigenvalue weighted by Crippen LogP contribution is 2.18. The zero-order valence-corrected chi connectivity index (χ0v) is 14.6. The second kappa shape index (κ2) is 8.62. The third kappa shape index (κ3) is 5.86. The molecule has 4 nitrogen and oxygen atoms in total. The van der Waals surface area contributed by atoms with Gasteiger partial charge < -0.3 is 10.6 Å². The van der Waals surface area contributed by atoms with Crippen LogP contribution in [0.2, 0.25) is 0 Å². The Bertz CT molecular complexity index is 766. The van der Waals surface area contributed by atoms with Gasteiger partial charge in [0, 0.05) is 11.8 Å². The standard InChI is InChI=1S/C18H18F2N2O2S/c1-11-3-6-14(7-4-11)21-17(23)10-25-12(2)18(24)22-16-8-5-13(19)9-15(16)20/h3-9,12H,10H2,1-2H3,(H,21,23)(H,22,24). The largest absolute Gasteiger partial charge is 0.325 e. The lowest BCUT2D eigenvalue weighted by molar-refractivity contribution is -0.115. The Kier molecular flexibility index (Phi) is 6.52. The van der Waals surface area contributed by atoms with Crippen LogP contribution in [0.4, 0.5) is 20.2 Å². The molecule has 2 rings (SSSR count). The lowest BCUT2D eigenvalue weighted by Gasteiger charge is -2.12. The number of hydrogen-bond acceptors (Lipinski definition) is 3. The molecule has 0 spiro atoms. The predicted octanol–water partition coefficient (Wildman–Crippen LogP) is 3.97. The second-order valence-corrected chi connectivity index (χ2v) is 6.81. The molecule has 0 heterocycles. The van der Waals surface area contributed by atoms with Gasteiger partial charge in [-0.15, -0.1) is 11.8 Å². The molecule has 1 unspecified atom stereocenters. The van der Waals surface area contributed by atoms with E-state index in [1.54, 1.807) is 19.1 Å². The van der Waals surface area contributed by atoms with Gasteiger partial charge >= 0.3 is 0 Å². The Hall–Kier alpha value is -2.41. The molecule has 0 saturated carbocycles. The molecular weight excluding hydrogens is 346 g/mol. The Labute approximate surface area is 149 Å². The van der Waals surface area contributed by atoms with Crippen LogP contribution in [0.1, 0.15) is 12.5 Å². The van der Waals surface area contributed by atoms with Gasteiger partial charge in [0.05, 0.1) is 16.7 Å². The maximum absolute atomic E-state index is 13.5. The van der Waals surface area contributed by atoms with Crippen molar-refractivity contribution in [3.05, 3.63) is 59.7 Å². The molecule has 0 saturated heterocycles. The Balaban J connectivity index is 1.82. The molecule has 0 aromatic heterocycles. The monoisotopic (exact) mass is 364 g/mol. The Morgan fingerprint density at radius 3 is 2.40 bits per heavy atom. The summed E-state index contributed by atoms with van der Waals surface area (Å²) >= 11 is 1.12. The summed E-state index contributed by atoms with van der Waals surface area (Å²) in [5.41, 5.74) is 1.68. The van der Waals surface area contributed by atoms with Crippen molar-refractivity contribution < 1.29 is 18.4 Å². The van der Waals surface area contributed by atoms with E-state index >= 15 is 0 Å². The minimum Gasteiger partial charge on any atom is -0.325 e. The van der Waals surface area contributed by atoms with Gasteiger partial charge in [-0.2, -0.15) is 0 Å². The molecule has 1 atom stereocenters. The van der Waals surface area contributed by atoms with E-state index in [1.807, 2.05) is 19.1 Å². The van der Waals surface area contributed by atoms with E-state index in [0.717, 1.165) is 29.5 Å². The first-order valence-corrected chi connectivity index (χ1v) is 8.64. The number of rotatable bonds is 6. The summed E-state index contributed by atoms with van der Waals surface area (Å²) in [7, 11) is 0. The van der Waals surface area contributed by atoms with Crippen LogP contribution in [0.5, 0.6) is 0 Å². The van der Waals surface area contributed by atoms with Gasteiger partial charge in [0.25, 0.3) is 0 Å². The summed E-state index contributed by atoms with van der Waals surface area (Å²) in [4.78, 5) is 23.9. The van der Waals surface area contributed by atoms with Gasteiger partial charge in [0.15, 0.2) is 0 Å². The first-order valence-electron chi connectivity index (χ1n) is 7.59. The van der Waals surface area contributed by atoms with Crippen molar-refractivity contribution in [2.75, 3.05) is 16.4 Å². The van der Waals surface area contributed by atoms with Crippen molar-refractivity contribution in [2.45, 2.75) is 19.1 Å². The van der Waals surface area contributed by atoms with Gasteiger partial charge in [-0.25, -0.2) is 8.78 Å². The molecule has 7 heteroatoms. The van der Waals surface area contributed by atoms with Crippen molar-refractivity contribution in [2.24, 2.45) is 0 Å². The number of hydrogen-bond donors (Lipinski definition) is 2. The number of amides is 2. The van der Waals surface area contributed by atoms with Crippen LogP contribution in [0, 0.1) is 18.6 Å². The minimum absolute atomic E-state index is 0.0777. The summed E-state index contributed by atoms with van der Waals surface area (Å²) in [6.07, 6.45) is 0. The highest BCUT2D eigenvalue weighted by molar-refractivity contribution is 8.01. The molecule has 2 amide bonds. The summed E-state index contributed by atoms with van der Waals surface area (Å²) < 4.78 is 26.4. The quantitative estimate of drug-likeness (QED) is 0.815. The summed E-state index contributed by atoms with van der Waals surface area (Å²) in [6.45, 7) is 3.56. The van der Waals surface area contributed by atoms with Crippen LogP contribution in [0.25, 0.3) is 0 Å². The normalized spacial score (nSPS) is 11.7. The molecule has 0 fully saturated rings. The van der Waals surface area contributed by atoms with E-state index in [2.05, 4.69) is 10.6 Å². The Morgan fingerprint density at radius 2 is 1.76 bits per heavy atom. The van der Waals surface area contributed by atoms with Crippen LogP contribution < -0.4 is 10.6 Å². The van der Waals surface area contributed by atoms with E-state index in [-0.39, 0.29) is 17.3 Å². The van der Waals surface area contributed by atoms with Crippen LogP contribution in [0.15, 0.2) is 42.5 Å². The van der Waals surface area contributed by atoms with Gasteiger partial charge in [-0.05, 0) is 38.1 Å². The van der Waals surface area contributed by atoms with E-state index < -0.39 is 22.8 Å². The average Bonchev–Trinajstić information content (AvgIpc) is 2.57. The molecule has 0 aliphatic rings. The maximum Gasteiger partial charge on any atom is 0.237 e. The van der Waals surface area contributed by atoms with E-state index in [4.69, 9.17) is 0 Å². The van der Waals surface area contributed by atoms with E-state index in [9.17, 15) is 18.4 Å². The van der Waals surface area contributed by atoms with Gasteiger partial charge in [-0.3, -0.25) is 9.59 Å². The number of aryl methyl sites for hydroxylation is 1. The fraction of sp³-hybridized carbons (Fsp3) is 0.222. The van der Waals surface area contributed by atoms with Crippen LogP contribution in [-0.4, -0.2) is 22.8 Å². The first kappa shape index (κ1) is 18.9. The molecule has 25 heavy (non-hydrogen) atoms. The van der Waals surface area contributed by atoms with Gasteiger partial charge in [0.2, 0.25) is 11.8 Å². The van der Waals surface area contributed by atoms with E-state index in [0.29, 0.717) is 11.8 Å². The topological polar surface area (TPSA) is 58.2 Å². The molecule has 0 bridgehead atoms. The highest BCUT2D eigenvalue weighted by Gasteiger charge is 2.17. The maximum atomic E-state index is 13.5. The van der Waals surface area contributed by atoms with Crippen LogP contribution in [0.3, 0.4) is 0 Å². The minimum atomic E-state index is -0.845. The first-order chi connectivity index (χ1) is 11.8. The third-order valence-electron chi connectivity index (χ3n) is 3.36. The third-order valence-corrected chi connectivity index (χ3v) is 4.50. The van der Waals surface area contributed by atoms with Crippen molar-refractivity contribution in [1.29, 1.82) is 0 Å². The molecular formula is C18H18F2N2O2S. The van der Waals surface area contributed by atoms with Crippen molar-refractivity contribution in [3.63, 3.8) is 0 Å². The lowest BCUT2D eigenvalue weighted by atomic mass is 10.2. The van der Waals surface area contributed by atoms with Gasteiger partial charge in [0.1, 0.15) is 11.6 Å². The number of carbonyl (C=O) groups excluding carboxylic acids is 2. The number of thioether (sulfide) groups is 1. The molecule has 0 aliphatic carbocycles. The zero-order valence-electron chi connectivity index (χ0n) is 13.8. The van der Waals surface area contributed by atoms with Gasteiger partial charge in [-0.1, -0.05) is 17.7 Å². The molecule has 2 N–H and O–H groups in total. The summed E-state index contributed by atoms with van der Waals surface area (Å²) in [6, 6.07) is 10.3. The number of halogens is 2. The molecule has 0 radical (unpaired) electrons. The zero-order chi connectivity index (χ0) is 18.4. The van der Waals surface area contributed by atoms with Crippen molar-refractivity contribution in [1.82, 2.24) is 0 Å².